The van der Waals surface area contributed by atoms with Gasteiger partial charge in [-0.2, -0.15) is 0 Å². The largest absolute Gasteiger partial charge is 0.462 e. The highest BCUT2D eigenvalue weighted by atomic mass is 35.5. The van der Waals surface area contributed by atoms with Gasteiger partial charge in [-0.3, -0.25) is 0 Å². The van der Waals surface area contributed by atoms with Gasteiger partial charge < -0.3 is 10.5 Å². The number of rotatable bonds is 4. The molecular formula is C15H18ClNO2S2. The SMILES string of the molecule is CCOC(=O)c1sc(-c2scc(C)c2Cl)c(C(C)C)c1N. The molecule has 0 bridgehead atoms. The van der Waals surface area contributed by atoms with Gasteiger partial charge >= 0.3 is 5.97 Å². The van der Waals surface area contributed by atoms with Gasteiger partial charge in [0.1, 0.15) is 4.88 Å². The number of anilines is 1. The standard InChI is InChI=1S/C15H18ClNO2S2/c1-5-19-15(18)14-11(17)9(7(2)3)12(21-14)13-10(16)8(4)6-20-13/h6-7H,5,17H2,1-4H3. The van der Waals surface area contributed by atoms with Gasteiger partial charge in [0.25, 0.3) is 0 Å². The van der Waals surface area contributed by atoms with Crippen molar-refractivity contribution < 1.29 is 9.53 Å². The molecule has 0 spiro atoms. The summed E-state index contributed by atoms with van der Waals surface area (Å²) in [6, 6.07) is 0. The molecule has 0 aliphatic rings. The van der Waals surface area contributed by atoms with Crippen molar-refractivity contribution in [2.24, 2.45) is 0 Å². The average Bonchev–Trinajstić information content (AvgIpc) is 2.91. The third-order valence-electron chi connectivity index (χ3n) is 3.13. The molecule has 21 heavy (non-hydrogen) atoms. The summed E-state index contributed by atoms with van der Waals surface area (Å²) in [5, 5.41) is 2.75. The minimum absolute atomic E-state index is 0.206. The van der Waals surface area contributed by atoms with Gasteiger partial charge in [-0.1, -0.05) is 25.4 Å². The second kappa shape index (κ2) is 6.38. The number of ether oxygens (including phenoxy) is 1. The lowest BCUT2D eigenvalue weighted by Gasteiger charge is -2.08. The van der Waals surface area contributed by atoms with Crippen molar-refractivity contribution >= 4 is 45.9 Å². The predicted molar refractivity (Wildman–Crippen MR) is 91.8 cm³/mol. The molecule has 0 amide bonds. The first kappa shape index (κ1) is 16.3. The molecule has 3 nitrogen and oxygen atoms in total. The fourth-order valence-corrected chi connectivity index (χ4v) is 4.91. The number of esters is 1. The van der Waals surface area contributed by atoms with Gasteiger partial charge in [-0.15, -0.1) is 22.7 Å². The Morgan fingerprint density at radius 2 is 2.10 bits per heavy atom. The van der Waals surface area contributed by atoms with Crippen LogP contribution in [0, 0.1) is 6.92 Å². The first-order valence-electron chi connectivity index (χ1n) is 6.71. The Balaban J connectivity index is 2.63. The van der Waals surface area contributed by atoms with E-state index in [0.29, 0.717) is 17.2 Å². The summed E-state index contributed by atoms with van der Waals surface area (Å²) in [4.78, 5) is 14.5. The Labute approximate surface area is 137 Å². The van der Waals surface area contributed by atoms with Crippen LogP contribution in [-0.2, 0) is 4.74 Å². The van der Waals surface area contributed by atoms with E-state index >= 15 is 0 Å². The third-order valence-corrected chi connectivity index (χ3v) is 6.19. The van der Waals surface area contributed by atoms with Gasteiger partial charge in [-0.25, -0.2) is 4.79 Å². The third kappa shape index (κ3) is 2.96. The Morgan fingerprint density at radius 1 is 1.43 bits per heavy atom. The Bertz CT molecular complexity index is 674. The highest BCUT2D eigenvalue weighted by Crippen LogP contribution is 2.47. The lowest BCUT2D eigenvalue weighted by atomic mass is 10.0. The molecule has 6 heteroatoms. The highest BCUT2D eigenvalue weighted by Gasteiger charge is 2.26. The zero-order valence-electron chi connectivity index (χ0n) is 12.5. The Hall–Kier alpha value is -1.04. The van der Waals surface area contributed by atoms with Crippen molar-refractivity contribution in [3.8, 4) is 9.75 Å². The van der Waals surface area contributed by atoms with Crippen LogP contribution in [0.1, 0.15) is 47.5 Å². The van der Waals surface area contributed by atoms with Crippen LogP contribution in [0.15, 0.2) is 5.38 Å². The number of thiophene rings is 2. The maximum Gasteiger partial charge on any atom is 0.350 e. The molecule has 0 aromatic carbocycles. The molecule has 2 rings (SSSR count). The van der Waals surface area contributed by atoms with Crippen molar-refractivity contribution in [2.75, 3.05) is 12.3 Å². The number of hydrogen-bond acceptors (Lipinski definition) is 5. The first-order chi connectivity index (χ1) is 9.88. The molecule has 2 aromatic heterocycles. The lowest BCUT2D eigenvalue weighted by molar-refractivity contribution is 0.0533. The molecule has 0 aliphatic carbocycles. The normalized spacial score (nSPS) is 11.1. The second-order valence-corrected chi connectivity index (χ2v) is 7.30. The predicted octanol–water partition coefficient (Wildman–Crippen LogP) is 5.32. The number of hydrogen-bond donors (Lipinski definition) is 1. The fraction of sp³-hybridized carbons (Fsp3) is 0.400. The lowest BCUT2D eigenvalue weighted by Crippen LogP contribution is -2.06. The maximum atomic E-state index is 12.1. The molecule has 114 valence electrons. The van der Waals surface area contributed by atoms with Crippen LogP contribution in [0.3, 0.4) is 0 Å². The van der Waals surface area contributed by atoms with Gasteiger partial charge in [0.15, 0.2) is 0 Å². The van der Waals surface area contributed by atoms with Crippen LogP contribution in [0.25, 0.3) is 9.75 Å². The minimum Gasteiger partial charge on any atom is -0.462 e. The summed E-state index contributed by atoms with van der Waals surface area (Å²) in [5.74, 6) is -0.157. The van der Waals surface area contributed by atoms with Crippen molar-refractivity contribution in [3.05, 3.63) is 26.4 Å². The van der Waals surface area contributed by atoms with Crippen LogP contribution in [-0.4, -0.2) is 12.6 Å². The molecular weight excluding hydrogens is 326 g/mol. The zero-order chi connectivity index (χ0) is 15.7. The quantitative estimate of drug-likeness (QED) is 0.764. The number of aryl methyl sites for hydroxylation is 1. The number of nitrogen functional groups attached to an aromatic ring is 1. The number of carbonyl (C=O) groups excluding carboxylic acids is 1. The minimum atomic E-state index is -0.363. The topological polar surface area (TPSA) is 52.3 Å². The van der Waals surface area contributed by atoms with Crippen molar-refractivity contribution in [1.82, 2.24) is 0 Å². The Kier molecular flexibility index (Phi) is 4.96. The van der Waals surface area contributed by atoms with Crippen LogP contribution in [0.5, 0.6) is 0 Å². The molecule has 0 radical (unpaired) electrons. The van der Waals surface area contributed by atoms with Crippen molar-refractivity contribution in [2.45, 2.75) is 33.6 Å². The highest BCUT2D eigenvalue weighted by molar-refractivity contribution is 7.23. The molecule has 0 fully saturated rings. The van der Waals surface area contributed by atoms with E-state index in [1.54, 1.807) is 18.3 Å². The van der Waals surface area contributed by atoms with E-state index in [1.165, 1.54) is 11.3 Å². The fourth-order valence-electron chi connectivity index (χ4n) is 2.13. The van der Waals surface area contributed by atoms with Crippen LogP contribution in [0.4, 0.5) is 5.69 Å². The average molecular weight is 344 g/mol. The second-order valence-electron chi connectivity index (χ2n) is 5.02. The van der Waals surface area contributed by atoms with E-state index in [0.717, 1.165) is 25.9 Å². The molecule has 2 aromatic rings. The van der Waals surface area contributed by atoms with E-state index < -0.39 is 0 Å². The molecule has 0 aliphatic heterocycles. The number of nitrogens with two attached hydrogens (primary N) is 1. The summed E-state index contributed by atoms with van der Waals surface area (Å²) in [6.07, 6.45) is 0. The molecule has 2 heterocycles. The molecule has 0 saturated heterocycles. The zero-order valence-corrected chi connectivity index (χ0v) is 14.8. The Morgan fingerprint density at radius 3 is 2.57 bits per heavy atom. The van der Waals surface area contributed by atoms with E-state index in [1.807, 2.05) is 12.3 Å². The van der Waals surface area contributed by atoms with Crippen LogP contribution in [0.2, 0.25) is 5.02 Å². The number of halogens is 1. The van der Waals surface area contributed by atoms with Gasteiger partial charge in [0.2, 0.25) is 0 Å². The summed E-state index contributed by atoms with van der Waals surface area (Å²) >= 11 is 9.33. The molecule has 0 saturated carbocycles. The summed E-state index contributed by atoms with van der Waals surface area (Å²) < 4.78 is 5.09. The van der Waals surface area contributed by atoms with Crippen LogP contribution < -0.4 is 5.73 Å². The van der Waals surface area contributed by atoms with Crippen molar-refractivity contribution in [1.29, 1.82) is 0 Å². The van der Waals surface area contributed by atoms with E-state index in [-0.39, 0.29) is 11.9 Å². The van der Waals surface area contributed by atoms with E-state index in [4.69, 9.17) is 22.1 Å². The monoisotopic (exact) mass is 343 g/mol. The maximum absolute atomic E-state index is 12.1. The number of carbonyl (C=O) groups is 1. The van der Waals surface area contributed by atoms with Gasteiger partial charge in [0.05, 0.1) is 27.1 Å². The molecule has 0 unspecified atom stereocenters. The van der Waals surface area contributed by atoms with E-state index in [9.17, 15) is 4.79 Å². The van der Waals surface area contributed by atoms with Crippen LogP contribution >= 0.6 is 34.3 Å². The van der Waals surface area contributed by atoms with E-state index in [2.05, 4.69) is 13.8 Å². The molecule has 0 atom stereocenters. The molecule has 2 N–H and O–H groups in total. The smallest absolute Gasteiger partial charge is 0.350 e. The van der Waals surface area contributed by atoms with Gasteiger partial charge in [0, 0.05) is 0 Å². The first-order valence-corrected chi connectivity index (χ1v) is 8.79. The summed E-state index contributed by atoms with van der Waals surface area (Å²) in [6.45, 7) is 8.21. The summed E-state index contributed by atoms with van der Waals surface area (Å²) in [7, 11) is 0. The van der Waals surface area contributed by atoms with Gasteiger partial charge in [-0.05, 0) is 36.3 Å². The summed E-state index contributed by atoms with van der Waals surface area (Å²) in [5.41, 5.74) is 8.74. The van der Waals surface area contributed by atoms with Crippen molar-refractivity contribution in [3.63, 3.8) is 0 Å².